The minimum atomic E-state index is -0.171. The lowest BCUT2D eigenvalue weighted by Crippen LogP contribution is -2.43. The molecule has 11 heteroatoms. The van der Waals surface area contributed by atoms with E-state index < -0.39 is 0 Å². The number of nitrogens with one attached hydrogen (secondary N) is 1. The summed E-state index contributed by atoms with van der Waals surface area (Å²) in [5.41, 5.74) is 4.68. The van der Waals surface area contributed by atoms with Gasteiger partial charge >= 0.3 is 0 Å². The van der Waals surface area contributed by atoms with Gasteiger partial charge in [-0.05, 0) is 92.9 Å². The van der Waals surface area contributed by atoms with Gasteiger partial charge in [-0.2, -0.15) is 0 Å². The second-order valence-corrected chi connectivity index (χ2v) is 13.0. The molecule has 0 unspecified atom stereocenters. The van der Waals surface area contributed by atoms with E-state index in [0.717, 1.165) is 95.5 Å². The van der Waals surface area contributed by atoms with Gasteiger partial charge in [0.25, 0.3) is 11.1 Å². The van der Waals surface area contributed by atoms with Crippen LogP contribution in [0.4, 0.5) is 0 Å². The highest BCUT2D eigenvalue weighted by Gasteiger charge is 2.20. The number of pyridine rings is 2. The molecule has 4 heterocycles. The van der Waals surface area contributed by atoms with Gasteiger partial charge in [0.1, 0.15) is 31.0 Å². The lowest BCUT2D eigenvalue weighted by Gasteiger charge is -2.32. The largest absolute Gasteiger partial charge is 0.497 e. The van der Waals surface area contributed by atoms with Gasteiger partial charge in [0.2, 0.25) is 0 Å². The molecule has 0 amide bonds. The highest BCUT2D eigenvalue weighted by molar-refractivity contribution is 5.85. The van der Waals surface area contributed by atoms with Crippen LogP contribution in [0.2, 0.25) is 0 Å². The van der Waals surface area contributed by atoms with E-state index in [1.807, 2.05) is 54.8 Å². The first-order valence-electron chi connectivity index (χ1n) is 17.4. The molecule has 2 aliphatic heterocycles. The summed E-state index contributed by atoms with van der Waals surface area (Å²) in [5.74, 6) is 3.14. The summed E-state index contributed by atoms with van der Waals surface area (Å²) < 4.78 is 25.2. The van der Waals surface area contributed by atoms with Crippen LogP contribution < -0.4 is 35.4 Å². The van der Waals surface area contributed by atoms with E-state index in [0.29, 0.717) is 31.5 Å². The molecule has 7 rings (SSSR count). The van der Waals surface area contributed by atoms with Gasteiger partial charge < -0.3 is 38.2 Å². The van der Waals surface area contributed by atoms with Crippen LogP contribution in [0.25, 0.3) is 21.8 Å². The number of aryl methyl sites for hydroxylation is 2. The number of hydrogen-bond acceptors (Lipinski definition) is 9. The SMILES string of the molecule is COc1ccc2c(C)cc(=O)n(CC=O)c2c1.COc1ccc2c(C)cc(=O)n(CCNC3CCN(Cc4ccc5c(c4)OCCO5)CC3)c2c1. The van der Waals surface area contributed by atoms with Crippen molar-refractivity contribution >= 4 is 28.1 Å². The molecule has 11 nitrogen and oxygen atoms in total. The zero-order valence-electron chi connectivity index (χ0n) is 29.8. The molecule has 0 spiro atoms. The normalized spacial score (nSPS) is 14.6. The van der Waals surface area contributed by atoms with Crippen molar-refractivity contribution in [2.45, 2.75) is 52.4 Å². The topological polar surface area (TPSA) is 113 Å². The molecule has 5 aromatic rings. The lowest BCUT2D eigenvalue weighted by molar-refractivity contribution is -0.108. The average Bonchev–Trinajstić information content (AvgIpc) is 3.15. The fraction of sp³-hybridized carbons (Fsp3) is 0.375. The number of likely N-dealkylation sites (tertiary alicyclic amines) is 1. The number of ether oxygens (including phenoxy) is 4. The molecule has 1 saturated heterocycles. The number of nitrogens with zero attached hydrogens (tertiary/aromatic N) is 3. The highest BCUT2D eigenvalue weighted by Crippen LogP contribution is 2.31. The van der Waals surface area contributed by atoms with Crippen molar-refractivity contribution in [2.24, 2.45) is 0 Å². The van der Waals surface area contributed by atoms with Crippen LogP contribution in [-0.2, 0) is 24.4 Å². The third kappa shape index (κ3) is 8.27. The van der Waals surface area contributed by atoms with E-state index in [-0.39, 0.29) is 17.7 Å². The van der Waals surface area contributed by atoms with Crippen LogP contribution in [0.3, 0.4) is 0 Å². The predicted octanol–water partition coefficient (Wildman–Crippen LogP) is 4.86. The van der Waals surface area contributed by atoms with Crippen LogP contribution >= 0.6 is 0 Å². The number of benzene rings is 3. The Balaban J connectivity index is 0.000000221. The van der Waals surface area contributed by atoms with Crippen LogP contribution in [0.15, 0.2) is 76.3 Å². The van der Waals surface area contributed by atoms with E-state index in [9.17, 15) is 14.4 Å². The molecule has 0 atom stereocenters. The molecule has 3 aromatic carbocycles. The third-order valence-corrected chi connectivity index (χ3v) is 9.68. The Kier molecular flexibility index (Phi) is 11.4. The van der Waals surface area contributed by atoms with Gasteiger partial charge in [-0.25, -0.2) is 0 Å². The summed E-state index contributed by atoms with van der Waals surface area (Å²) in [7, 11) is 3.22. The van der Waals surface area contributed by atoms with Gasteiger partial charge in [0, 0.05) is 60.7 Å². The molecule has 0 radical (unpaired) electrons. The third-order valence-electron chi connectivity index (χ3n) is 9.68. The van der Waals surface area contributed by atoms with E-state index >= 15 is 0 Å². The summed E-state index contributed by atoms with van der Waals surface area (Å²) in [4.78, 5) is 37.6. The number of carbonyl (C=O) groups excluding carboxylic acids is 1. The van der Waals surface area contributed by atoms with Crippen molar-refractivity contribution in [3.8, 4) is 23.0 Å². The summed E-state index contributed by atoms with van der Waals surface area (Å²) in [6, 6.07) is 21.4. The Morgan fingerprint density at radius 2 is 1.35 bits per heavy atom. The molecule has 2 aromatic heterocycles. The molecular formula is C40H46N4O7. The van der Waals surface area contributed by atoms with Gasteiger partial charge in [-0.1, -0.05) is 6.07 Å². The van der Waals surface area contributed by atoms with Crippen molar-refractivity contribution in [1.29, 1.82) is 0 Å². The van der Waals surface area contributed by atoms with E-state index in [4.69, 9.17) is 18.9 Å². The highest BCUT2D eigenvalue weighted by atomic mass is 16.6. The quantitative estimate of drug-likeness (QED) is 0.205. The van der Waals surface area contributed by atoms with Crippen molar-refractivity contribution in [1.82, 2.24) is 19.4 Å². The second kappa shape index (κ2) is 16.3. The standard InChI is InChI=1S/C27H33N3O4.C13H13NO3/c1-19-15-27(31)30(24-17-22(32-2)4-5-23(19)24)12-9-28-21-7-10-29(11-8-21)18-20-3-6-25-26(16-20)34-14-13-33-25;1-9-7-13(16)14(5-6-15)12-8-10(17-2)3-4-11(9)12/h3-6,15-17,21,28H,7-14,18H2,1-2H3;3-4,6-8H,5H2,1-2H3. The molecule has 2 aliphatic rings. The van der Waals surface area contributed by atoms with Crippen molar-refractivity contribution in [2.75, 3.05) is 47.1 Å². The summed E-state index contributed by atoms with van der Waals surface area (Å²) >= 11 is 0. The Morgan fingerprint density at radius 3 is 1.96 bits per heavy atom. The number of hydrogen-bond donors (Lipinski definition) is 1. The van der Waals surface area contributed by atoms with Crippen LogP contribution in [0.5, 0.6) is 23.0 Å². The molecule has 51 heavy (non-hydrogen) atoms. The zero-order chi connectivity index (χ0) is 35.9. The summed E-state index contributed by atoms with van der Waals surface area (Å²) in [6.07, 6.45) is 2.92. The maximum Gasteiger partial charge on any atom is 0.251 e. The molecule has 1 N–H and O–H groups in total. The first-order chi connectivity index (χ1) is 24.8. The molecule has 0 saturated carbocycles. The fourth-order valence-corrected chi connectivity index (χ4v) is 6.92. The van der Waals surface area contributed by atoms with Crippen molar-refractivity contribution in [3.05, 3.63) is 104 Å². The number of rotatable bonds is 10. The summed E-state index contributed by atoms with van der Waals surface area (Å²) in [5, 5.41) is 5.72. The van der Waals surface area contributed by atoms with E-state index in [1.165, 1.54) is 16.2 Å². The lowest BCUT2D eigenvalue weighted by atomic mass is 10.0. The molecule has 268 valence electrons. The van der Waals surface area contributed by atoms with Gasteiger partial charge in [0.05, 0.1) is 31.8 Å². The smallest absolute Gasteiger partial charge is 0.251 e. The van der Waals surface area contributed by atoms with Crippen molar-refractivity contribution in [3.63, 3.8) is 0 Å². The minimum Gasteiger partial charge on any atom is -0.497 e. The maximum absolute atomic E-state index is 12.7. The minimum absolute atomic E-state index is 0.0364. The van der Waals surface area contributed by atoms with E-state index in [2.05, 4.69) is 22.3 Å². The second-order valence-electron chi connectivity index (χ2n) is 13.0. The predicted molar refractivity (Wildman–Crippen MR) is 199 cm³/mol. The fourth-order valence-electron chi connectivity index (χ4n) is 6.92. The molecule has 0 bridgehead atoms. The summed E-state index contributed by atoms with van der Waals surface area (Å²) in [6.45, 7) is 9.59. The molecular weight excluding hydrogens is 648 g/mol. The molecule has 1 fully saturated rings. The van der Waals surface area contributed by atoms with E-state index in [1.54, 1.807) is 26.4 Å². The van der Waals surface area contributed by atoms with Crippen LogP contribution in [0, 0.1) is 13.8 Å². The number of aldehydes is 1. The van der Waals surface area contributed by atoms with Gasteiger partial charge in [-0.3, -0.25) is 14.5 Å². The zero-order valence-corrected chi connectivity index (χ0v) is 29.8. The number of methoxy groups -OCH3 is 2. The molecule has 0 aliphatic carbocycles. The van der Waals surface area contributed by atoms with Crippen molar-refractivity contribution < 1.29 is 23.7 Å². The Bertz CT molecular complexity index is 2130. The number of carbonyl (C=O) groups is 1. The number of aromatic nitrogens is 2. The average molecular weight is 695 g/mol. The Labute approximate surface area is 297 Å². The van der Waals surface area contributed by atoms with Gasteiger partial charge in [-0.15, -0.1) is 0 Å². The Hall–Kier alpha value is -5.13. The first kappa shape index (κ1) is 35.7. The Morgan fingerprint density at radius 1 is 0.765 bits per heavy atom. The number of fused-ring (bicyclic) bond motifs is 3. The van der Waals surface area contributed by atoms with Crippen LogP contribution in [0.1, 0.15) is 29.5 Å². The first-order valence-corrected chi connectivity index (χ1v) is 17.4. The van der Waals surface area contributed by atoms with Gasteiger partial charge in [0.15, 0.2) is 11.5 Å². The number of piperidine rings is 1. The van der Waals surface area contributed by atoms with Crippen LogP contribution in [-0.4, -0.2) is 73.4 Å². The maximum atomic E-state index is 12.7. The monoisotopic (exact) mass is 694 g/mol.